The molecule has 1 unspecified atom stereocenters. The van der Waals surface area contributed by atoms with E-state index < -0.39 is 0 Å². The lowest BCUT2D eigenvalue weighted by Gasteiger charge is -2.24. The predicted molar refractivity (Wildman–Crippen MR) is 89.0 cm³/mol. The number of rotatable bonds is 3. The van der Waals surface area contributed by atoms with Crippen LogP contribution in [0.15, 0.2) is 53.1 Å². The number of urea groups is 1. The van der Waals surface area contributed by atoms with Crippen molar-refractivity contribution in [3.8, 4) is 0 Å². The lowest BCUT2D eigenvalue weighted by atomic mass is 10.0. The van der Waals surface area contributed by atoms with Gasteiger partial charge in [-0.15, -0.1) is 0 Å². The summed E-state index contributed by atoms with van der Waals surface area (Å²) in [6.07, 6.45) is 2.69. The zero-order valence-electron chi connectivity index (χ0n) is 12.4. The Morgan fingerprint density at radius 1 is 1.14 bits per heavy atom. The third kappa shape index (κ3) is 3.65. The molecule has 2 amide bonds. The molecule has 1 aliphatic rings. The third-order valence-electron chi connectivity index (χ3n) is 3.74. The average molecular weight is 316 g/mol. The highest BCUT2D eigenvalue weighted by atomic mass is 32.2. The van der Waals surface area contributed by atoms with Crippen molar-refractivity contribution in [1.29, 1.82) is 0 Å². The van der Waals surface area contributed by atoms with E-state index in [2.05, 4.69) is 5.32 Å². The molecule has 0 bridgehead atoms. The van der Waals surface area contributed by atoms with Crippen molar-refractivity contribution in [3.63, 3.8) is 0 Å². The third-order valence-corrected chi connectivity index (χ3v) is 4.79. The van der Waals surface area contributed by atoms with Gasteiger partial charge in [-0.25, -0.2) is 4.79 Å². The minimum absolute atomic E-state index is 0.0206. The summed E-state index contributed by atoms with van der Waals surface area (Å²) in [6, 6.07) is 13.4. The Kier molecular flexibility index (Phi) is 5.06. The standard InChI is InChI=1S/C17H20N2O2S/c20-17(19-9-5-12-22-13-10-19)18-16(15-8-4-11-21-15)14-6-2-1-3-7-14/h1-4,6-8,11,16H,5,9-10,12-13H2,(H,18,20). The van der Waals surface area contributed by atoms with Gasteiger partial charge in [-0.3, -0.25) is 0 Å². The second kappa shape index (κ2) is 7.40. The summed E-state index contributed by atoms with van der Waals surface area (Å²) in [7, 11) is 0. The number of benzene rings is 1. The summed E-state index contributed by atoms with van der Waals surface area (Å²) in [5.74, 6) is 2.89. The van der Waals surface area contributed by atoms with Crippen molar-refractivity contribution in [2.45, 2.75) is 12.5 Å². The molecule has 0 aliphatic carbocycles. The molecule has 2 heterocycles. The van der Waals surface area contributed by atoms with E-state index in [1.165, 1.54) is 0 Å². The molecule has 0 saturated carbocycles. The predicted octanol–water partition coefficient (Wildman–Crippen LogP) is 3.52. The minimum atomic E-state index is -0.250. The maximum absolute atomic E-state index is 12.6. The lowest BCUT2D eigenvalue weighted by Crippen LogP contribution is -2.42. The van der Waals surface area contributed by atoms with E-state index in [-0.39, 0.29) is 12.1 Å². The molecule has 1 N–H and O–H groups in total. The molecule has 1 aromatic heterocycles. The molecule has 2 aromatic rings. The number of nitrogens with one attached hydrogen (secondary N) is 1. The summed E-state index contributed by atoms with van der Waals surface area (Å²) in [4.78, 5) is 14.5. The normalized spacial score (nSPS) is 16.8. The number of furan rings is 1. The molecule has 1 aromatic carbocycles. The number of amides is 2. The zero-order valence-corrected chi connectivity index (χ0v) is 13.2. The van der Waals surface area contributed by atoms with Crippen LogP contribution < -0.4 is 5.32 Å². The maximum atomic E-state index is 12.6. The molecule has 0 radical (unpaired) electrons. The Hall–Kier alpha value is -1.88. The van der Waals surface area contributed by atoms with Crippen LogP contribution in [-0.2, 0) is 0 Å². The van der Waals surface area contributed by atoms with Gasteiger partial charge in [0.05, 0.1) is 6.26 Å². The van der Waals surface area contributed by atoms with Crippen LogP contribution in [-0.4, -0.2) is 35.5 Å². The zero-order chi connectivity index (χ0) is 15.2. The molecule has 116 valence electrons. The number of hydrogen-bond acceptors (Lipinski definition) is 3. The monoisotopic (exact) mass is 316 g/mol. The summed E-state index contributed by atoms with van der Waals surface area (Å²) in [6.45, 7) is 1.62. The highest BCUT2D eigenvalue weighted by Gasteiger charge is 2.23. The fraction of sp³-hybridized carbons (Fsp3) is 0.353. The molecule has 0 spiro atoms. The molecule has 1 fully saturated rings. The Labute approximate surface area is 134 Å². The van der Waals surface area contributed by atoms with E-state index in [0.717, 1.165) is 42.3 Å². The molecule has 4 nitrogen and oxygen atoms in total. The SMILES string of the molecule is O=C(NC(c1ccccc1)c1ccco1)N1CCCSCC1. The topological polar surface area (TPSA) is 45.5 Å². The van der Waals surface area contributed by atoms with Crippen molar-refractivity contribution < 1.29 is 9.21 Å². The first-order chi connectivity index (χ1) is 10.8. The highest BCUT2D eigenvalue weighted by molar-refractivity contribution is 7.99. The fourth-order valence-corrected chi connectivity index (χ4v) is 3.47. The van der Waals surface area contributed by atoms with Crippen molar-refractivity contribution >= 4 is 17.8 Å². The van der Waals surface area contributed by atoms with Gasteiger partial charge in [-0.05, 0) is 29.9 Å². The second-order valence-electron chi connectivity index (χ2n) is 5.26. The van der Waals surface area contributed by atoms with Crippen molar-refractivity contribution in [3.05, 3.63) is 60.1 Å². The van der Waals surface area contributed by atoms with Crippen LogP contribution in [0.2, 0.25) is 0 Å². The Morgan fingerprint density at radius 2 is 2.00 bits per heavy atom. The number of thioether (sulfide) groups is 1. The van der Waals surface area contributed by atoms with E-state index in [0.29, 0.717) is 0 Å². The molecule has 3 rings (SSSR count). The molecule has 5 heteroatoms. The fourth-order valence-electron chi connectivity index (χ4n) is 2.58. The summed E-state index contributed by atoms with van der Waals surface area (Å²) < 4.78 is 5.53. The van der Waals surface area contributed by atoms with Gasteiger partial charge in [-0.2, -0.15) is 11.8 Å². The molecular formula is C17H20N2O2S. The molecule has 1 aliphatic heterocycles. The lowest BCUT2D eigenvalue weighted by molar-refractivity contribution is 0.198. The highest BCUT2D eigenvalue weighted by Crippen LogP contribution is 2.23. The Bertz CT molecular complexity index is 578. The van der Waals surface area contributed by atoms with Crippen molar-refractivity contribution in [2.24, 2.45) is 0 Å². The van der Waals surface area contributed by atoms with E-state index >= 15 is 0 Å². The van der Waals surface area contributed by atoms with Gasteiger partial charge in [0.1, 0.15) is 11.8 Å². The summed E-state index contributed by atoms with van der Waals surface area (Å²) in [5.41, 5.74) is 1.02. The quantitative estimate of drug-likeness (QED) is 0.942. The van der Waals surface area contributed by atoms with Crippen LogP contribution in [0.3, 0.4) is 0 Å². The number of hydrogen-bond donors (Lipinski definition) is 1. The molecule has 1 atom stereocenters. The van der Waals surface area contributed by atoms with Crippen LogP contribution in [0.25, 0.3) is 0 Å². The van der Waals surface area contributed by atoms with E-state index in [1.54, 1.807) is 6.26 Å². The van der Waals surface area contributed by atoms with Crippen LogP contribution in [0.4, 0.5) is 4.79 Å². The molecule has 1 saturated heterocycles. The van der Waals surface area contributed by atoms with Crippen molar-refractivity contribution in [1.82, 2.24) is 10.2 Å². The van der Waals surface area contributed by atoms with Gasteiger partial charge in [0.15, 0.2) is 0 Å². The maximum Gasteiger partial charge on any atom is 0.318 e. The summed E-state index contributed by atoms with van der Waals surface area (Å²) >= 11 is 1.91. The van der Waals surface area contributed by atoms with Gasteiger partial charge >= 0.3 is 6.03 Å². The van der Waals surface area contributed by atoms with Crippen LogP contribution in [0.5, 0.6) is 0 Å². The van der Waals surface area contributed by atoms with Gasteiger partial charge in [-0.1, -0.05) is 30.3 Å². The minimum Gasteiger partial charge on any atom is -0.467 e. The van der Waals surface area contributed by atoms with E-state index in [4.69, 9.17) is 4.42 Å². The van der Waals surface area contributed by atoms with Crippen LogP contribution >= 0.6 is 11.8 Å². The van der Waals surface area contributed by atoms with Crippen LogP contribution in [0, 0.1) is 0 Å². The van der Waals surface area contributed by atoms with Gasteiger partial charge in [0, 0.05) is 18.8 Å². The first-order valence-corrected chi connectivity index (χ1v) is 8.71. The molecular weight excluding hydrogens is 296 g/mol. The van der Waals surface area contributed by atoms with Gasteiger partial charge in [0.2, 0.25) is 0 Å². The first kappa shape index (κ1) is 15.0. The van der Waals surface area contributed by atoms with E-state index in [1.807, 2.05) is 59.1 Å². The summed E-state index contributed by atoms with van der Waals surface area (Å²) in [5, 5.41) is 3.12. The van der Waals surface area contributed by atoms with Crippen molar-refractivity contribution in [2.75, 3.05) is 24.6 Å². The smallest absolute Gasteiger partial charge is 0.318 e. The number of carbonyl (C=O) groups is 1. The van der Waals surface area contributed by atoms with E-state index in [9.17, 15) is 4.79 Å². The Morgan fingerprint density at radius 3 is 2.77 bits per heavy atom. The van der Waals surface area contributed by atoms with Gasteiger partial charge in [0.25, 0.3) is 0 Å². The first-order valence-electron chi connectivity index (χ1n) is 7.56. The Balaban J connectivity index is 1.77. The second-order valence-corrected chi connectivity index (χ2v) is 6.49. The van der Waals surface area contributed by atoms with Gasteiger partial charge < -0.3 is 14.6 Å². The van der Waals surface area contributed by atoms with Crippen LogP contribution in [0.1, 0.15) is 23.8 Å². The average Bonchev–Trinajstić information content (AvgIpc) is 2.94. The number of nitrogens with zero attached hydrogens (tertiary/aromatic N) is 1. The molecule has 22 heavy (non-hydrogen) atoms. The number of carbonyl (C=O) groups excluding carboxylic acids is 1. The largest absolute Gasteiger partial charge is 0.467 e.